The molecule has 1 fully saturated rings. The van der Waals surface area contributed by atoms with Gasteiger partial charge in [-0.3, -0.25) is 0 Å². The third-order valence-corrected chi connectivity index (χ3v) is 4.05. The maximum Gasteiger partial charge on any atom is 0.0821 e. The molecule has 3 heteroatoms. The van der Waals surface area contributed by atoms with Gasteiger partial charge in [-0.05, 0) is 38.9 Å². The van der Waals surface area contributed by atoms with E-state index in [9.17, 15) is 0 Å². The lowest BCUT2D eigenvalue weighted by atomic mass is 10.1. The fraction of sp³-hybridized carbons (Fsp3) is 0.500. The van der Waals surface area contributed by atoms with Gasteiger partial charge in [-0.15, -0.1) is 0 Å². The predicted molar refractivity (Wildman–Crippen MR) is 78.3 cm³/mol. The van der Waals surface area contributed by atoms with E-state index in [1.807, 2.05) is 0 Å². The normalized spacial score (nSPS) is 18.8. The second-order valence-corrected chi connectivity index (χ2v) is 5.44. The van der Waals surface area contributed by atoms with Crippen molar-refractivity contribution in [2.45, 2.75) is 32.0 Å². The largest absolute Gasteiger partial charge is 0.370 e. The highest BCUT2D eigenvalue weighted by molar-refractivity contribution is 5.84. The molecular weight excluding hydrogens is 236 g/mol. The minimum Gasteiger partial charge on any atom is -0.370 e. The number of hydrogen-bond donors (Lipinski definition) is 1. The number of benzene rings is 1. The van der Waals surface area contributed by atoms with E-state index in [0.29, 0.717) is 6.10 Å². The number of nitrogens with one attached hydrogen (secondary N) is 1. The van der Waals surface area contributed by atoms with Crippen molar-refractivity contribution < 1.29 is 4.74 Å². The number of piperidine rings is 1. The summed E-state index contributed by atoms with van der Waals surface area (Å²) in [6, 6.07) is 8.54. The van der Waals surface area contributed by atoms with Gasteiger partial charge in [0.2, 0.25) is 0 Å². The summed E-state index contributed by atoms with van der Waals surface area (Å²) in [5.74, 6) is 0. The molecule has 102 valence electrons. The van der Waals surface area contributed by atoms with Crippen molar-refractivity contribution in [3.63, 3.8) is 0 Å². The lowest BCUT2D eigenvalue weighted by Crippen LogP contribution is -2.32. The zero-order chi connectivity index (χ0) is 13.2. The quantitative estimate of drug-likeness (QED) is 0.916. The second kappa shape index (κ2) is 5.35. The summed E-state index contributed by atoms with van der Waals surface area (Å²) >= 11 is 0. The minimum absolute atomic E-state index is 0.161. The Balaban J connectivity index is 1.82. The number of aromatic nitrogens is 1. The first-order valence-electron chi connectivity index (χ1n) is 7.16. The summed E-state index contributed by atoms with van der Waals surface area (Å²) in [7, 11) is 2.10. The Kier molecular flexibility index (Phi) is 3.58. The van der Waals surface area contributed by atoms with Crippen molar-refractivity contribution in [3.8, 4) is 0 Å². The summed E-state index contributed by atoms with van der Waals surface area (Å²) in [5, 5.41) is 4.69. The van der Waals surface area contributed by atoms with E-state index in [4.69, 9.17) is 4.74 Å². The van der Waals surface area contributed by atoms with E-state index in [1.54, 1.807) is 0 Å². The Bertz CT molecular complexity index is 555. The fourth-order valence-electron chi connectivity index (χ4n) is 2.99. The molecule has 0 spiro atoms. The Labute approximate surface area is 114 Å². The molecule has 0 aliphatic carbocycles. The van der Waals surface area contributed by atoms with Crippen molar-refractivity contribution in [2.24, 2.45) is 7.05 Å². The minimum atomic E-state index is 0.161. The van der Waals surface area contributed by atoms with Crippen molar-refractivity contribution in [1.29, 1.82) is 0 Å². The molecule has 1 aliphatic rings. The van der Waals surface area contributed by atoms with Crippen LogP contribution in [0.3, 0.4) is 0 Å². The molecule has 1 unspecified atom stereocenters. The average molecular weight is 258 g/mol. The maximum absolute atomic E-state index is 6.25. The van der Waals surface area contributed by atoms with E-state index in [2.05, 4.69) is 54.3 Å². The number of aryl methyl sites for hydroxylation is 1. The molecule has 3 rings (SSSR count). The molecule has 1 aliphatic heterocycles. The molecule has 3 nitrogen and oxygen atoms in total. The van der Waals surface area contributed by atoms with Gasteiger partial charge in [-0.2, -0.15) is 0 Å². The van der Waals surface area contributed by atoms with Crippen molar-refractivity contribution >= 4 is 10.9 Å². The van der Waals surface area contributed by atoms with E-state index in [0.717, 1.165) is 25.9 Å². The number of ether oxygens (including phenoxy) is 1. The van der Waals surface area contributed by atoms with Crippen molar-refractivity contribution in [1.82, 2.24) is 9.88 Å². The van der Waals surface area contributed by atoms with Crippen LogP contribution >= 0.6 is 0 Å². The molecule has 0 bridgehead atoms. The lowest BCUT2D eigenvalue weighted by molar-refractivity contribution is -0.0180. The van der Waals surface area contributed by atoms with Crippen LogP contribution in [-0.2, 0) is 11.8 Å². The third kappa shape index (κ3) is 2.53. The number of fused-ring (bicyclic) bond motifs is 1. The number of nitrogens with zero attached hydrogens (tertiary/aromatic N) is 1. The van der Waals surface area contributed by atoms with Gasteiger partial charge < -0.3 is 14.6 Å². The van der Waals surface area contributed by atoms with E-state index < -0.39 is 0 Å². The molecule has 19 heavy (non-hydrogen) atoms. The average Bonchev–Trinajstić information content (AvgIpc) is 2.78. The third-order valence-electron chi connectivity index (χ3n) is 4.05. The first-order valence-corrected chi connectivity index (χ1v) is 7.16. The standard InChI is InChI=1S/C16H22N2O/c1-12(19-13-7-9-17-10-8-13)15-11-18(2)16-6-4-3-5-14(15)16/h3-6,11-13,17H,7-10H2,1-2H3. The van der Waals surface area contributed by atoms with Gasteiger partial charge in [-0.25, -0.2) is 0 Å². The van der Waals surface area contributed by atoms with E-state index in [1.165, 1.54) is 16.5 Å². The Morgan fingerprint density at radius 1 is 1.26 bits per heavy atom. The van der Waals surface area contributed by atoms with Gasteiger partial charge in [0, 0.05) is 29.7 Å². The van der Waals surface area contributed by atoms with Crippen LogP contribution in [0, 0.1) is 0 Å². The molecule has 0 radical (unpaired) electrons. The molecule has 1 atom stereocenters. The smallest absolute Gasteiger partial charge is 0.0821 e. The molecule has 1 N–H and O–H groups in total. The van der Waals surface area contributed by atoms with Crippen LogP contribution in [0.4, 0.5) is 0 Å². The maximum atomic E-state index is 6.25. The molecule has 1 aromatic carbocycles. The number of hydrogen-bond acceptors (Lipinski definition) is 2. The molecule has 1 saturated heterocycles. The molecular formula is C16H22N2O. The SMILES string of the molecule is CC(OC1CCNCC1)c1cn(C)c2ccccc12. The Morgan fingerprint density at radius 2 is 2.00 bits per heavy atom. The summed E-state index contributed by atoms with van der Waals surface area (Å²) in [5.41, 5.74) is 2.58. The zero-order valence-corrected chi connectivity index (χ0v) is 11.7. The number of para-hydroxylation sites is 1. The summed E-state index contributed by atoms with van der Waals surface area (Å²) < 4.78 is 8.43. The van der Waals surface area contributed by atoms with Gasteiger partial charge in [-0.1, -0.05) is 18.2 Å². The van der Waals surface area contributed by atoms with Crippen LogP contribution in [-0.4, -0.2) is 23.8 Å². The van der Waals surface area contributed by atoms with Crippen LogP contribution in [0.1, 0.15) is 31.4 Å². The summed E-state index contributed by atoms with van der Waals surface area (Å²) in [4.78, 5) is 0. The van der Waals surface area contributed by atoms with Crippen LogP contribution in [0.25, 0.3) is 10.9 Å². The zero-order valence-electron chi connectivity index (χ0n) is 11.7. The molecule has 2 heterocycles. The number of rotatable bonds is 3. The van der Waals surface area contributed by atoms with Crippen molar-refractivity contribution in [3.05, 3.63) is 36.0 Å². The van der Waals surface area contributed by atoms with Crippen molar-refractivity contribution in [2.75, 3.05) is 13.1 Å². The highest BCUT2D eigenvalue weighted by atomic mass is 16.5. The second-order valence-electron chi connectivity index (χ2n) is 5.44. The molecule has 0 amide bonds. The predicted octanol–water partition coefficient (Wildman–Crippen LogP) is 3.01. The topological polar surface area (TPSA) is 26.2 Å². The van der Waals surface area contributed by atoms with Gasteiger partial charge in [0.15, 0.2) is 0 Å². The fourth-order valence-corrected chi connectivity index (χ4v) is 2.99. The van der Waals surface area contributed by atoms with Gasteiger partial charge >= 0.3 is 0 Å². The van der Waals surface area contributed by atoms with Crippen LogP contribution in [0.2, 0.25) is 0 Å². The lowest BCUT2D eigenvalue weighted by Gasteiger charge is -2.26. The first kappa shape index (κ1) is 12.7. The van der Waals surface area contributed by atoms with Gasteiger partial charge in [0.05, 0.1) is 12.2 Å². The van der Waals surface area contributed by atoms with E-state index >= 15 is 0 Å². The first-order chi connectivity index (χ1) is 9.25. The highest BCUT2D eigenvalue weighted by Gasteiger charge is 2.19. The summed E-state index contributed by atoms with van der Waals surface area (Å²) in [6.45, 7) is 4.32. The Morgan fingerprint density at radius 3 is 2.79 bits per heavy atom. The van der Waals surface area contributed by atoms with Crippen LogP contribution in [0.5, 0.6) is 0 Å². The Hall–Kier alpha value is -1.32. The summed E-state index contributed by atoms with van der Waals surface area (Å²) in [6.07, 6.45) is 5.00. The van der Waals surface area contributed by atoms with Gasteiger partial charge in [0.25, 0.3) is 0 Å². The van der Waals surface area contributed by atoms with Gasteiger partial charge in [0.1, 0.15) is 0 Å². The van der Waals surface area contributed by atoms with E-state index in [-0.39, 0.29) is 6.10 Å². The highest BCUT2D eigenvalue weighted by Crippen LogP contribution is 2.29. The van der Waals surface area contributed by atoms with Crippen LogP contribution < -0.4 is 5.32 Å². The molecule has 0 saturated carbocycles. The van der Waals surface area contributed by atoms with Crippen LogP contribution in [0.15, 0.2) is 30.5 Å². The molecule has 1 aromatic heterocycles. The molecule has 2 aromatic rings. The monoisotopic (exact) mass is 258 g/mol.